The van der Waals surface area contributed by atoms with Crippen LogP contribution in [-0.2, 0) is 4.79 Å². The maximum atomic E-state index is 13.3. The number of carboxylic acids is 1. The Morgan fingerprint density at radius 2 is 1.72 bits per heavy atom. The predicted molar refractivity (Wildman–Crippen MR) is 48.0 cm³/mol. The topological polar surface area (TPSA) is 66.4 Å². The smallest absolute Gasteiger partial charge is 0.471 e. The van der Waals surface area contributed by atoms with Crippen molar-refractivity contribution in [2.75, 3.05) is 5.32 Å². The molecule has 2 N–H and O–H groups in total. The molecule has 0 saturated heterocycles. The van der Waals surface area contributed by atoms with Crippen LogP contribution in [-0.4, -0.2) is 23.2 Å². The van der Waals surface area contributed by atoms with Crippen LogP contribution in [0.1, 0.15) is 10.4 Å². The van der Waals surface area contributed by atoms with Gasteiger partial charge in [0.1, 0.15) is 11.4 Å². The molecule has 0 aromatic heterocycles. The average molecular weight is 269 g/mol. The molecule has 9 heteroatoms. The SMILES string of the molecule is O=C(O)c1cc(F)cc(NC(=O)C(F)(F)F)c1F. The van der Waals surface area contributed by atoms with E-state index in [1.165, 1.54) is 0 Å². The number of hydrogen-bond donors (Lipinski definition) is 2. The summed E-state index contributed by atoms with van der Waals surface area (Å²) in [6.07, 6.45) is -5.30. The summed E-state index contributed by atoms with van der Waals surface area (Å²) in [7, 11) is 0. The number of benzene rings is 1. The fourth-order valence-corrected chi connectivity index (χ4v) is 1.03. The van der Waals surface area contributed by atoms with E-state index in [0.29, 0.717) is 0 Å². The zero-order valence-corrected chi connectivity index (χ0v) is 8.31. The molecule has 98 valence electrons. The van der Waals surface area contributed by atoms with Gasteiger partial charge in [-0.3, -0.25) is 4.79 Å². The Morgan fingerprint density at radius 1 is 1.17 bits per heavy atom. The van der Waals surface area contributed by atoms with Crippen molar-refractivity contribution >= 4 is 17.6 Å². The van der Waals surface area contributed by atoms with E-state index in [-0.39, 0.29) is 12.1 Å². The molecule has 0 aliphatic rings. The maximum absolute atomic E-state index is 13.3. The van der Waals surface area contributed by atoms with Crippen molar-refractivity contribution in [3.63, 3.8) is 0 Å². The zero-order chi connectivity index (χ0) is 14.1. The summed E-state index contributed by atoms with van der Waals surface area (Å²) in [5.74, 6) is -7.38. The lowest BCUT2D eigenvalue weighted by atomic mass is 10.1. The standard InChI is InChI=1S/C9H4F5NO3/c10-3-1-4(7(16)17)6(11)5(2-3)15-8(18)9(12,13)14/h1-2H,(H,15,18)(H,16,17). The molecule has 0 heterocycles. The zero-order valence-electron chi connectivity index (χ0n) is 8.31. The molecule has 0 fully saturated rings. The van der Waals surface area contributed by atoms with Crippen molar-refractivity contribution < 1.29 is 36.6 Å². The van der Waals surface area contributed by atoms with E-state index < -0.39 is 40.9 Å². The molecule has 1 aromatic rings. The predicted octanol–water partition coefficient (Wildman–Crippen LogP) is 2.16. The van der Waals surface area contributed by atoms with Crippen LogP contribution in [0.2, 0.25) is 0 Å². The molecule has 4 nitrogen and oxygen atoms in total. The van der Waals surface area contributed by atoms with Gasteiger partial charge in [0, 0.05) is 6.07 Å². The summed E-state index contributed by atoms with van der Waals surface area (Å²) >= 11 is 0. The number of carboxylic acid groups (broad SMARTS) is 1. The van der Waals surface area contributed by atoms with Gasteiger partial charge in [-0.15, -0.1) is 0 Å². The van der Waals surface area contributed by atoms with Gasteiger partial charge in [0.05, 0.1) is 5.69 Å². The molecule has 0 spiro atoms. The highest BCUT2D eigenvalue weighted by Gasteiger charge is 2.39. The molecule has 0 aliphatic carbocycles. The second kappa shape index (κ2) is 4.59. The molecule has 0 radical (unpaired) electrons. The van der Waals surface area contributed by atoms with Gasteiger partial charge in [0.15, 0.2) is 5.82 Å². The largest absolute Gasteiger partial charge is 0.478 e. The fourth-order valence-electron chi connectivity index (χ4n) is 1.03. The van der Waals surface area contributed by atoms with E-state index >= 15 is 0 Å². The van der Waals surface area contributed by atoms with Gasteiger partial charge in [-0.05, 0) is 6.07 Å². The van der Waals surface area contributed by atoms with Crippen LogP contribution in [0, 0.1) is 11.6 Å². The number of carbonyl (C=O) groups is 2. The van der Waals surface area contributed by atoms with Crippen molar-refractivity contribution in [3.8, 4) is 0 Å². The first-order valence-electron chi connectivity index (χ1n) is 4.23. The molecule has 0 atom stereocenters. The minimum Gasteiger partial charge on any atom is -0.478 e. The van der Waals surface area contributed by atoms with Gasteiger partial charge < -0.3 is 10.4 Å². The van der Waals surface area contributed by atoms with Gasteiger partial charge in [-0.25, -0.2) is 13.6 Å². The summed E-state index contributed by atoms with van der Waals surface area (Å²) in [5.41, 5.74) is -2.39. The van der Waals surface area contributed by atoms with Crippen LogP contribution in [0.5, 0.6) is 0 Å². The first-order valence-corrected chi connectivity index (χ1v) is 4.23. The highest BCUT2D eigenvalue weighted by Crippen LogP contribution is 2.23. The first kappa shape index (κ1) is 13.9. The van der Waals surface area contributed by atoms with E-state index in [1.807, 2.05) is 0 Å². The van der Waals surface area contributed by atoms with E-state index in [0.717, 1.165) is 5.32 Å². The number of anilines is 1. The molecular weight excluding hydrogens is 265 g/mol. The normalized spacial score (nSPS) is 11.2. The lowest BCUT2D eigenvalue weighted by Gasteiger charge is -2.10. The Labute approximate surface area is 96.0 Å². The van der Waals surface area contributed by atoms with Gasteiger partial charge in [0.2, 0.25) is 0 Å². The summed E-state index contributed by atoms with van der Waals surface area (Å²) in [4.78, 5) is 21.0. The Bertz CT molecular complexity index is 512. The van der Waals surface area contributed by atoms with Gasteiger partial charge in [0.25, 0.3) is 0 Å². The number of hydrogen-bond acceptors (Lipinski definition) is 2. The quantitative estimate of drug-likeness (QED) is 0.808. The van der Waals surface area contributed by atoms with Crippen molar-refractivity contribution in [2.45, 2.75) is 6.18 Å². The summed E-state index contributed by atoms with van der Waals surface area (Å²) in [5, 5.41) is 9.51. The van der Waals surface area contributed by atoms with Crippen molar-refractivity contribution in [2.24, 2.45) is 0 Å². The maximum Gasteiger partial charge on any atom is 0.471 e. The minimum absolute atomic E-state index is 0.241. The number of amides is 1. The van der Waals surface area contributed by atoms with Crippen molar-refractivity contribution in [1.82, 2.24) is 0 Å². The monoisotopic (exact) mass is 269 g/mol. The van der Waals surface area contributed by atoms with Crippen molar-refractivity contribution in [3.05, 3.63) is 29.3 Å². The molecule has 1 rings (SSSR count). The summed E-state index contributed by atoms with van der Waals surface area (Å²) < 4.78 is 61.8. The Morgan fingerprint density at radius 3 is 2.17 bits per heavy atom. The molecule has 0 saturated carbocycles. The lowest BCUT2D eigenvalue weighted by Crippen LogP contribution is -2.30. The van der Waals surface area contributed by atoms with E-state index in [4.69, 9.17) is 5.11 Å². The van der Waals surface area contributed by atoms with Crippen LogP contribution >= 0.6 is 0 Å². The number of rotatable bonds is 2. The van der Waals surface area contributed by atoms with E-state index in [2.05, 4.69) is 0 Å². The summed E-state index contributed by atoms with van der Waals surface area (Å²) in [6.45, 7) is 0. The molecule has 18 heavy (non-hydrogen) atoms. The Kier molecular flexibility index (Phi) is 3.54. The average Bonchev–Trinajstić information content (AvgIpc) is 2.21. The molecule has 0 aliphatic heterocycles. The number of nitrogens with one attached hydrogen (secondary N) is 1. The van der Waals surface area contributed by atoms with Gasteiger partial charge in [-0.2, -0.15) is 13.2 Å². The highest BCUT2D eigenvalue weighted by molar-refractivity contribution is 5.97. The number of alkyl halides is 3. The van der Waals surface area contributed by atoms with Crippen LogP contribution in [0.3, 0.4) is 0 Å². The van der Waals surface area contributed by atoms with Crippen LogP contribution in [0.15, 0.2) is 12.1 Å². The third-order valence-electron chi connectivity index (χ3n) is 1.77. The number of halogens is 5. The third-order valence-corrected chi connectivity index (χ3v) is 1.77. The number of carbonyl (C=O) groups excluding carboxylic acids is 1. The van der Waals surface area contributed by atoms with E-state index in [9.17, 15) is 31.5 Å². The second-order valence-corrected chi connectivity index (χ2v) is 3.07. The Hall–Kier alpha value is -2.19. The van der Waals surface area contributed by atoms with E-state index in [1.54, 1.807) is 0 Å². The number of aromatic carboxylic acids is 1. The third kappa shape index (κ3) is 2.93. The van der Waals surface area contributed by atoms with Crippen LogP contribution in [0.4, 0.5) is 27.6 Å². The molecular formula is C9H4F5NO3. The Balaban J connectivity index is 3.18. The summed E-state index contributed by atoms with van der Waals surface area (Å²) in [6, 6.07) is 0.520. The van der Waals surface area contributed by atoms with Gasteiger partial charge >= 0.3 is 18.1 Å². The molecule has 0 unspecified atom stereocenters. The van der Waals surface area contributed by atoms with Crippen LogP contribution < -0.4 is 5.32 Å². The highest BCUT2D eigenvalue weighted by atomic mass is 19.4. The minimum atomic E-state index is -5.30. The van der Waals surface area contributed by atoms with Crippen molar-refractivity contribution in [1.29, 1.82) is 0 Å². The molecule has 1 aromatic carbocycles. The molecule has 1 amide bonds. The van der Waals surface area contributed by atoms with Crippen LogP contribution in [0.25, 0.3) is 0 Å². The lowest BCUT2D eigenvalue weighted by molar-refractivity contribution is -0.167. The molecule has 0 bridgehead atoms. The van der Waals surface area contributed by atoms with Gasteiger partial charge in [-0.1, -0.05) is 0 Å². The fraction of sp³-hybridized carbons (Fsp3) is 0.111. The first-order chi connectivity index (χ1) is 8.12. The second-order valence-electron chi connectivity index (χ2n) is 3.07.